The highest BCUT2D eigenvalue weighted by Gasteiger charge is 2.18. The first kappa shape index (κ1) is 27.3. The SMILES string of the molecule is CCc1cc(-c2noc(-c3cc(C)nc(C(CC)CC)c3)n2)cc(C)c1OC[C@H](O)CNC(=O)CO. The fourth-order valence-electron chi connectivity index (χ4n) is 4.16. The van der Waals surface area contributed by atoms with E-state index in [4.69, 9.17) is 19.4 Å². The minimum atomic E-state index is -0.905. The summed E-state index contributed by atoms with van der Waals surface area (Å²) in [6.07, 6.45) is 1.83. The van der Waals surface area contributed by atoms with Gasteiger partial charge in [0.2, 0.25) is 11.7 Å². The number of aryl methyl sites for hydroxylation is 3. The third kappa shape index (κ3) is 6.67. The summed E-state index contributed by atoms with van der Waals surface area (Å²) < 4.78 is 11.5. The Morgan fingerprint density at radius 1 is 1.08 bits per heavy atom. The van der Waals surface area contributed by atoms with Crippen LogP contribution in [0.5, 0.6) is 5.75 Å². The third-order valence-electron chi connectivity index (χ3n) is 6.14. The normalized spacial score (nSPS) is 12.1. The molecule has 36 heavy (non-hydrogen) atoms. The summed E-state index contributed by atoms with van der Waals surface area (Å²) in [5, 5.41) is 25.5. The maximum Gasteiger partial charge on any atom is 0.258 e. The molecule has 0 unspecified atom stereocenters. The van der Waals surface area contributed by atoms with Crippen LogP contribution in [0.25, 0.3) is 22.8 Å². The van der Waals surface area contributed by atoms with Crippen LogP contribution in [-0.4, -0.2) is 57.1 Å². The number of nitrogens with one attached hydrogen (secondary N) is 1. The predicted molar refractivity (Wildman–Crippen MR) is 137 cm³/mol. The van der Waals surface area contributed by atoms with Crippen LogP contribution in [0.15, 0.2) is 28.8 Å². The van der Waals surface area contributed by atoms with Gasteiger partial charge < -0.3 is 24.8 Å². The molecule has 1 aromatic carbocycles. The van der Waals surface area contributed by atoms with Crippen molar-refractivity contribution >= 4 is 5.91 Å². The Hall–Kier alpha value is -3.30. The molecule has 3 N–H and O–H groups in total. The van der Waals surface area contributed by atoms with E-state index in [-0.39, 0.29) is 13.2 Å². The Bertz CT molecular complexity index is 1170. The molecule has 3 aromatic rings. The molecule has 0 bridgehead atoms. The van der Waals surface area contributed by atoms with Crippen molar-refractivity contribution in [1.29, 1.82) is 0 Å². The summed E-state index contributed by atoms with van der Waals surface area (Å²) in [5.74, 6) is 1.46. The van der Waals surface area contributed by atoms with Gasteiger partial charge in [-0.05, 0) is 68.5 Å². The van der Waals surface area contributed by atoms with E-state index in [0.29, 0.717) is 29.8 Å². The molecule has 3 rings (SSSR count). The van der Waals surface area contributed by atoms with Crippen molar-refractivity contribution in [1.82, 2.24) is 20.4 Å². The largest absolute Gasteiger partial charge is 0.490 e. The average molecular weight is 497 g/mol. The van der Waals surface area contributed by atoms with Gasteiger partial charge in [-0.25, -0.2) is 0 Å². The fourth-order valence-corrected chi connectivity index (χ4v) is 4.16. The number of hydrogen-bond acceptors (Lipinski definition) is 8. The lowest BCUT2D eigenvalue weighted by molar-refractivity contribution is -0.124. The smallest absolute Gasteiger partial charge is 0.258 e. The summed E-state index contributed by atoms with van der Waals surface area (Å²) in [5.41, 5.74) is 5.44. The first-order valence-corrected chi connectivity index (χ1v) is 12.4. The van der Waals surface area contributed by atoms with Gasteiger partial charge in [0.1, 0.15) is 25.1 Å². The molecule has 0 aliphatic carbocycles. The number of rotatable bonds is 12. The Morgan fingerprint density at radius 3 is 2.50 bits per heavy atom. The van der Waals surface area contributed by atoms with Gasteiger partial charge in [0.15, 0.2) is 0 Å². The first-order chi connectivity index (χ1) is 17.3. The number of amides is 1. The van der Waals surface area contributed by atoms with Crippen molar-refractivity contribution in [2.45, 2.75) is 65.9 Å². The molecule has 0 fully saturated rings. The Morgan fingerprint density at radius 2 is 1.83 bits per heavy atom. The monoisotopic (exact) mass is 496 g/mol. The second kappa shape index (κ2) is 12.6. The van der Waals surface area contributed by atoms with Gasteiger partial charge in [-0.2, -0.15) is 4.98 Å². The lowest BCUT2D eigenvalue weighted by Crippen LogP contribution is -2.36. The summed E-state index contributed by atoms with van der Waals surface area (Å²) in [6, 6.07) is 7.88. The van der Waals surface area contributed by atoms with E-state index in [9.17, 15) is 9.90 Å². The molecule has 0 aliphatic heterocycles. The van der Waals surface area contributed by atoms with Gasteiger partial charge in [0.05, 0.1) is 0 Å². The van der Waals surface area contributed by atoms with Crippen molar-refractivity contribution < 1.29 is 24.3 Å². The van der Waals surface area contributed by atoms with Crippen LogP contribution in [0.2, 0.25) is 0 Å². The van der Waals surface area contributed by atoms with Gasteiger partial charge >= 0.3 is 0 Å². The zero-order chi connectivity index (χ0) is 26.2. The molecule has 9 heteroatoms. The molecule has 194 valence electrons. The van der Waals surface area contributed by atoms with E-state index in [1.54, 1.807) is 0 Å². The van der Waals surface area contributed by atoms with E-state index in [1.165, 1.54) is 0 Å². The Labute approximate surface area is 211 Å². The molecule has 2 aromatic heterocycles. The van der Waals surface area contributed by atoms with Crippen LogP contribution in [0.3, 0.4) is 0 Å². The number of nitrogens with zero attached hydrogens (tertiary/aromatic N) is 3. The number of hydrogen-bond donors (Lipinski definition) is 3. The summed E-state index contributed by atoms with van der Waals surface area (Å²) in [6.45, 7) is 9.63. The van der Waals surface area contributed by atoms with Gasteiger partial charge in [0.25, 0.3) is 5.89 Å². The molecule has 0 radical (unpaired) electrons. The molecule has 1 atom stereocenters. The number of benzene rings is 1. The number of aliphatic hydroxyl groups excluding tert-OH is 2. The highest BCUT2D eigenvalue weighted by molar-refractivity contribution is 5.76. The molecule has 2 heterocycles. The van der Waals surface area contributed by atoms with Crippen molar-refractivity contribution in [2.24, 2.45) is 0 Å². The zero-order valence-corrected chi connectivity index (χ0v) is 21.7. The Balaban J connectivity index is 1.81. The maximum atomic E-state index is 11.2. The quantitative estimate of drug-likeness (QED) is 0.346. The maximum absolute atomic E-state index is 11.2. The van der Waals surface area contributed by atoms with Crippen molar-refractivity contribution in [2.75, 3.05) is 19.8 Å². The Kier molecular flexibility index (Phi) is 9.55. The van der Waals surface area contributed by atoms with Crippen LogP contribution >= 0.6 is 0 Å². The van der Waals surface area contributed by atoms with Gasteiger partial charge in [-0.1, -0.05) is 25.9 Å². The molecule has 0 saturated heterocycles. The molecule has 0 saturated carbocycles. The van der Waals surface area contributed by atoms with E-state index < -0.39 is 18.6 Å². The zero-order valence-electron chi connectivity index (χ0n) is 21.7. The van der Waals surface area contributed by atoms with Crippen molar-refractivity contribution in [3.05, 3.63) is 46.8 Å². The highest BCUT2D eigenvalue weighted by Crippen LogP contribution is 2.32. The van der Waals surface area contributed by atoms with Crippen molar-refractivity contribution in [3.63, 3.8) is 0 Å². The number of carbonyl (C=O) groups excluding carboxylic acids is 1. The fraction of sp³-hybridized carbons (Fsp3) is 0.481. The minimum absolute atomic E-state index is 0.00290. The summed E-state index contributed by atoms with van der Waals surface area (Å²) in [7, 11) is 0. The van der Waals surface area contributed by atoms with Crippen molar-refractivity contribution in [3.8, 4) is 28.6 Å². The van der Waals surface area contributed by atoms with Gasteiger partial charge in [0, 0.05) is 35.0 Å². The lowest BCUT2D eigenvalue weighted by Gasteiger charge is -2.17. The standard InChI is InChI=1S/C27H36N4O5/c1-6-18(7-2)23-12-21(10-17(5)29-23)27-30-26(31-36-27)20-9-16(4)25(19(8-3)11-20)35-15-22(33)13-28-24(34)14-32/h9-12,18,22,32-33H,6-8,13-15H2,1-5H3,(H,28,34)/t22-/m1/s1. The molecular formula is C27H36N4O5. The topological polar surface area (TPSA) is 131 Å². The third-order valence-corrected chi connectivity index (χ3v) is 6.14. The molecule has 9 nitrogen and oxygen atoms in total. The average Bonchev–Trinajstić information content (AvgIpc) is 3.37. The van der Waals surface area contributed by atoms with Crippen LogP contribution in [0.4, 0.5) is 0 Å². The highest BCUT2D eigenvalue weighted by atomic mass is 16.5. The molecule has 1 amide bonds. The number of aromatic nitrogens is 3. The second-order valence-electron chi connectivity index (χ2n) is 8.92. The number of pyridine rings is 1. The number of aliphatic hydroxyl groups is 2. The lowest BCUT2D eigenvalue weighted by atomic mass is 9.97. The second-order valence-corrected chi connectivity index (χ2v) is 8.92. The molecule has 0 spiro atoms. The summed E-state index contributed by atoms with van der Waals surface area (Å²) in [4.78, 5) is 20.5. The van der Waals surface area contributed by atoms with Gasteiger partial charge in [-0.3, -0.25) is 9.78 Å². The number of carbonyl (C=O) groups is 1. The first-order valence-electron chi connectivity index (χ1n) is 12.4. The molecule has 0 aliphatic rings. The van der Waals surface area contributed by atoms with E-state index in [2.05, 4.69) is 29.3 Å². The van der Waals surface area contributed by atoms with Crippen LogP contribution < -0.4 is 10.1 Å². The van der Waals surface area contributed by atoms with E-state index >= 15 is 0 Å². The minimum Gasteiger partial charge on any atom is -0.490 e. The van der Waals surface area contributed by atoms with E-state index in [0.717, 1.165) is 46.5 Å². The van der Waals surface area contributed by atoms with Crippen LogP contribution in [0, 0.1) is 13.8 Å². The van der Waals surface area contributed by atoms with Crippen LogP contribution in [-0.2, 0) is 11.2 Å². The number of ether oxygens (including phenoxy) is 1. The van der Waals surface area contributed by atoms with E-state index in [1.807, 2.05) is 45.0 Å². The molecular weight excluding hydrogens is 460 g/mol. The predicted octanol–water partition coefficient (Wildman–Crippen LogP) is 3.73. The van der Waals surface area contributed by atoms with Gasteiger partial charge in [-0.15, -0.1) is 0 Å². The van der Waals surface area contributed by atoms with Crippen LogP contribution in [0.1, 0.15) is 62.0 Å². The summed E-state index contributed by atoms with van der Waals surface area (Å²) >= 11 is 0.